The van der Waals surface area contributed by atoms with Crippen LogP contribution < -0.4 is 10.2 Å². The van der Waals surface area contributed by atoms with Gasteiger partial charge in [-0.2, -0.15) is 0 Å². The van der Waals surface area contributed by atoms with Gasteiger partial charge in [-0.1, -0.05) is 0 Å². The topological polar surface area (TPSA) is 33.5 Å². The summed E-state index contributed by atoms with van der Waals surface area (Å²) in [5, 5.41) is 2.70. The van der Waals surface area contributed by atoms with E-state index in [4.69, 9.17) is 11.6 Å². The predicted molar refractivity (Wildman–Crippen MR) is 46.0 cm³/mol. The summed E-state index contributed by atoms with van der Waals surface area (Å²) >= 11 is 5.28. The Hall–Kier alpha value is -0.280. The van der Waals surface area contributed by atoms with E-state index in [2.05, 4.69) is 19.4 Å². The van der Waals surface area contributed by atoms with Crippen molar-refractivity contribution in [3.63, 3.8) is 0 Å². The minimum absolute atomic E-state index is 0.0643. The average Bonchev–Trinajstić information content (AvgIpc) is 1.97. The van der Waals surface area contributed by atoms with Gasteiger partial charge in [0.2, 0.25) is 5.91 Å². The summed E-state index contributed by atoms with van der Waals surface area (Å²) in [5.74, 6) is -0.0186. The SMILES string of the molecule is C[NH+](C)CCCNC(=O)CCl. The minimum Gasteiger partial charge on any atom is -0.355 e. The molecule has 3 nitrogen and oxygen atoms in total. The molecule has 0 atom stereocenters. The van der Waals surface area contributed by atoms with Crippen LogP contribution in [0.5, 0.6) is 0 Å². The van der Waals surface area contributed by atoms with Crippen LogP contribution in [0.2, 0.25) is 0 Å². The maximum atomic E-state index is 10.6. The third kappa shape index (κ3) is 7.62. The first-order valence-corrected chi connectivity index (χ1v) is 4.32. The molecule has 0 aromatic heterocycles. The molecule has 0 aromatic carbocycles. The molecular formula is C7H16ClN2O+. The fraction of sp³-hybridized carbons (Fsp3) is 0.857. The highest BCUT2D eigenvalue weighted by atomic mass is 35.5. The van der Waals surface area contributed by atoms with E-state index >= 15 is 0 Å². The van der Waals surface area contributed by atoms with Crippen molar-refractivity contribution in [3.8, 4) is 0 Å². The van der Waals surface area contributed by atoms with Gasteiger partial charge in [0.1, 0.15) is 5.88 Å². The molecule has 0 aliphatic carbocycles. The number of amides is 1. The monoisotopic (exact) mass is 179 g/mol. The lowest BCUT2D eigenvalue weighted by Gasteiger charge is -2.06. The first kappa shape index (κ1) is 10.7. The summed E-state index contributed by atoms with van der Waals surface area (Å²) in [6.45, 7) is 1.80. The Kier molecular flexibility index (Phi) is 6.27. The molecule has 0 fully saturated rings. The smallest absolute Gasteiger partial charge is 0.234 e. The molecule has 0 aliphatic heterocycles. The number of carbonyl (C=O) groups excluding carboxylic acids is 1. The van der Waals surface area contributed by atoms with Crippen LogP contribution in [0.1, 0.15) is 6.42 Å². The number of nitrogens with one attached hydrogen (secondary N) is 2. The molecule has 0 spiro atoms. The largest absolute Gasteiger partial charge is 0.355 e. The van der Waals surface area contributed by atoms with Gasteiger partial charge in [-0.25, -0.2) is 0 Å². The van der Waals surface area contributed by atoms with Crippen molar-refractivity contribution in [1.82, 2.24) is 5.32 Å². The fourth-order valence-corrected chi connectivity index (χ4v) is 0.811. The summed E-state index contributed by atoms with van der Waals surface area (Å²) in [5.41, 5.74) is 0. The van der Waals surface area contributed by atoms with Crippen molar-refractivity contribution in [2.75, 3.05) is 33.1 Å². The number of hydrogen-bond donors (Lipinski definition) is 2. The second-order valence-electron chi connectivity index (χ2n) is 2.79. The number of halogens is 1. The summed E-state index contributed by atoms with van der Waals surface area (Å²) in [7, 11) is 4.17. The maximum absolute atomic E-state index is 10.6. The van der Waals surface area contributed by atoms with Gasteiger partial charge in [0.05, 0.1) is 20.6 Å². The maximum Gasteiger partial charge on any atom is 0.234 e. The second-order valence-corrected chi connectivity index (χ2v) is 3.06. The molecule has 0 aliphatic rings. The molecule has 1 amide bonds. The number of alkyl halides is 1. The molecule has 11 heavy (non-hydrogen) atoms. The molecule has 0 rings (SSSR count). The zero-order chi connectivity index (χ0) is 8.69. The summed E-state index contributed by atoms with van der Waals surface area (Å²) < 4.78 is 0. The highest BCUT2D eigenvalue weighted by Gasteiger charge is 1.97. The molecule has 0 radical (unpaired) electrons. The Morgan fingerprint density at radius 1 is 1.55 bits per heavy atom. The van der Waals surface area contributed by atoms with E-state index in [1.807, 2.05) is 0 Å². The normalized spacial score (nSPS) is 10.2. The van der Waals surface area contributed by atoms with Crippen LogP contribution >= 0.6 is 11.6 Å². The summed E-state index contributed by atoms with van der Waals surface area (Å²) in [6.07, 6.45) is 1.00. The average molecular weight is 180 g/mol. The van der Waals surface area contributed by atoms with E-state index in [9.17, 15) is 4.79 Å². The lowest BCUT2D eigenvalue weighted by atomic mass is 10.4. The number of quaternary nitrogens is 1. The standard InChI is InChI=1S/C7H15ClN2O/c1-10(2)5-3-4-9-7(11)6-8/h3-6H2,1-2H3,(H,9,11)/p+1. The van der Waals surface area contributed by atoms with Crippen LogP contribution in [0.3, 0.4) is 0 Å². The second kappa shape index (κ2) is 6.43. The van der Waals surface area contributed by atoms with E-state index < -0.39 is 0 Å². The van der Waals surface area contributed by atoms with Gasteiger partial charge in [0.25, 0.3) is 0 Å². The molecule has 0 aromatic rings. The van der Waals surface area contributed by atoms with Gasteiger partial charge in [0, 0.05) is 13.0 Å². The van der Waals surface area contributed by atoms with Crippen LogP contribution in [0.15, 0.2) is 0 Å². The van der Waals surface area contributed by atoms with Gasteiger partial charge < -0.3 is 10.2 Å². The van der Waals surface area contributed by atoms with Gasteiger partial charge in [-0.05, 0) is 0 Å². The van der Waals surface area contributed by atoms with Crippen LogP contribution in [-0.2, 0) is 4.79 Å². The van der Waals surface area contributed by atoms with E-state index in [1.54, 1.807) is 0 Å². The molecular weight excluding hydrogens is 164 g/mol. The molecule has 0 saturated carbocycles. The number of rotatable bonds is 5. The highest BCUT2D eigenvalue weighted by Crippen LogP contribution is 1.75. The van der Waals surface area contributed by atoms with E-state index in [0.717, 1.165) is 19.5 Å². The highest BCUT2D eigenvalue weighted by molar-refractivity contribution is 6.27. The molecule has 0 saturated heterocycles. The van der Waals surface area contributed by atoms with Crippen molar-refractivity contribution in [2.45, 2.75) is 6.42 Å². The lowest BCUT2D eigenvalue weighted by molar-refractivity contribution is -0.858. The minimum atomic E-state index is -0.0829. The van der Waals surface area contributed by atoms with Gasteiger partial charge in [0.15, 0.2) is 0 Å². The predicted octanol–water partition coefficient (Wildman–Crippen LogP) is -1.12. The molecule has 0 heterocycles. The third-order valence-corrected chi connectivity index (χ3v) is 1.54. The molecule has 66 valence electrons. The summed E-state index contributed by atoms with van der Waals surface area (Å²) in [6, 6.07) is 0. The zero-order valence-corrected chi connectivity index (χ0v) is 7.87. The van der Waals surface area contributed by atoms with E-state index in [1.165, 1.54) is 4.90 Å². The van der Waals surface area contributed by atoms with Crippen molar-refractivity contribution < 1.29 is 9.69 Å². The first-order chi connectivity index (χ1) is 5.16. The van der Waals surface area contributed by atoms with Gasteiger partial charge in [-0.3, -0.25) is 4.79 Å². The Labute approximate surface area is 72.7 Å². The van der Waals surface area contributed by atoms with Crippen molar-refractivity contribution in [3.05, 3.63) is 0 Å². The third-order valence-electron chi connectivity index (χ3n) is 1.30. The first-order valence-electron chi connectivity index (χ1n) is 3.78. The quantitative estimate of drug-likeness (QED) is 0.407. The fourth-order valence-electron chi connectivity index (χ4n) is 0.717. The zero-order valence-electron chi connectivity index (χ0n) is 7.11. The Balaban J connectivity index is 3.08. The van der Waals surface area contributed by atoms with Crippen LogP contribution in [-0.4, -0.2) is 39.0 Å². The van der Waals surface area contributed by atoms with Gasteiger partial charge >= 0.3 is 0 Å². The van der Waals surface area contributed by atoms with Crippen LogP contribution in [0.4, 0.5) is 0 Å². The van der Waals surface area contributed by atoms with Gasteiger partial charge in [-0.15, -0.1) is 11.6 Å². The Bertz CT molecular complexity index is 117. The number of hydrogen-bond acceptors (Lipinski definition) is 1. The van der Waals surface area contributed by atoms with Crippen LogP contribution in [0, 0.1) is 0 Å². The lowest BCUT2D eigenvalue weighted by Crippen LogP contribution is -3.05. The molecule has 0 unspecified atom stereocenters. The van der Waals surface area contributed by atoms with Crippen molar-refractivity contribution in [1.29, 1.82) is 0 Å². The van der Waals surface area contributed by atoms with Crippen molar-refractivity contribution >= 4 is 17.5 Å². The molecule has 2 N–H and O–H groups in total. The summed E-state index contributed by atoms with van der Waals surface area (Å²) in [4.78, 5) is 12.0. The van der Waals surface area contributed by atoms with Crippen LogP contribution in [0.25, 0.3) is 0 Å². The van der Waals surface area contributed by atoms with E-state index in [0.29, 0.717) is 0 Å². The van der Waals surface area contributed by atoms with E-state index in [-0.39, 0.29) is 11.8 Å². The Morgan fingerprint density at radius 2 is 2.18 bits per heavy atom. The molecule has 0 bridgehead atoms. The number of carbonyl (C=O) groups is 1. The Morgan fingerprint density at radius 3 is 2.64 bits per heavy atom. The van der Waals surface area contributed by atoms with Crippen molar-refractivity contribution in [2.24, 2.45) is 0 Å². The molecule has 4 heteroatoms.